The molecular formula is C23H22N4O2S. The number of nitrogens with zero attached hydrogens (tertiary/aromatic N) is 3. The van der Waals surface area contributed by atoms with E-state index in [1.807, 2.05) is 72.2 Å². The maximum Gasteiger partial charge on any atom is 0.234 e. The number of furan rings is 1. The Morgan fingerprint density at radius 1 is 1.07 bits per heavy atom. The molecule has 4 aromatic rings. The lowest BCUT2D eigenvalue weighted by Gasteiger charge is -2.11. The highest BCUT2D eigenvalue weighted by atomic mass is 32.2. The van der Waals surface area contributed by atoms with E-state index in [1.165, 1.54) is 11.8 Å². The quantitative estimate of drug-likeness (QED) is 0.421. The van der Waals surface area contributed by atoms with Gasteiger partial charge in [-0.05, 0) is 43.2 Å². The van der Waals surface area contributed by atoms with Crippen molar-refractivity contribution in [2.45, 2.75) is 25.4 Å². The molecule has 4 rings (SSSR count). The van der Waals surface area contributed by atoms with Crippen molar-refractivity contribution in [1.29, 1.82) is 0 Å². The minimum Gasteiger partial charge on any atom is -0.469 e. The average Bonchev–Trinajstić information content (AvgIpc) is 3.39. The van der Waals surface area contributed by atoms with E-state index in [1.54, 1.807) is 6.26 Å². The molecule has 0 saturated carbocycles. The second kappa shape index (κ2) is 9.00. The Bertz CT molecular complexity index is 1150. The number of carbonyl (C=O) groups is 1. The third kappa shape index (κ3) is 4.16. The lowest BCUT2D eigenvalue weighted by Crippen LogP contribution is -2.15. The number of aromatic nitrogens is 3. The predicted molar refractivity (Wildman–Crippen MR) is 119 cm³/mol. The molecule has 0 unspecified atom stereocenters. The summed E-state index contributed by atoms with van der Waals surface area (Å²) in [5.74, 6) is 1.61. The van der Waals surface area contributed by atoms with E-state index < -0.39 is 0 Å². The molecule has 0 spiro atoms. The molecule has 2 aromatic heterocycles. The first-order valence-electron chi connectivity index (χ1n) is 9.73. The normalized spacial score (nSPS) is 10.9. The monoisotopic (exact) mass is 418 g/mol. The molecular weight excluding hydrogens is 396 g/mol. The van der Waals surface area contributed by atoms with Crippen molar-refractivity contribution in [1.82, 2.24) is 14.8 Å². The van der Waals surface area contributed by atoms with Crippen LogP contribution in [0.15, 0.2) is 76.5 Å². The summed E-state index contributed by atoms with van der Waals surface area (Å²) in [5, 5.41) is 12.4. The van der Waals surface area contributed by atoms with Crippen molar-refractivity contribution in [2.75, 3.05) is 11.1 Å². The molecule has 0 aliphatic rings. The summed E-state index contributed by atoms with van der Waals surface area (Å²) in [7, 11) is 0. The SMILES string of the molecule is CCc1ccccc1NC(=O)CSc1nnc(-c2ccoc2C)n1-c1ccccc1. The van der Waals surface area contributed by atoms with Gasteiger partial charge in [0.15, 0.2) is 11.0 Å². The lowest BCUT2D eigenvalue weighted by molar-refractivity contribution is -0.113. The Morgan fingerprint density at radius 2 is 1.83 bits per heavy atom. The fourth-order valence-electron chi connectivity index (χ4n) is 3.23. The molecule has 0 aliphatic carbocycles. The zero-order valence-corrected chi connectivity index (χ0v) is 17.6. The zero-order chi connectivity index (χ0) is 20.9. The zero-order valence-electron chi connectivity index (χ0n) is 16.8. The maximum absolute atomic E-state index is 12.6. The molecule has 1 N–H and O–H groups in total. The Kier molecular flexibility index (Phi) is 5.99. The van der Waals surface area contributed by atoms with Crippen molar-refractivity contribution in [3.05, 3.63) is 78.3 Å². The van der Waals surface area contributed by atoms with Crippen LogP contribution >= 0.6 is 11.8 Å². The van der Waals surface area contributed by atoms with E-state index in [0.717, 1.165) is 34.7 Å². The standard InChI is InChI=1S/C23H22N4O2S/c1-3-17-9-7-8-12-20(17)24-21(28)15-30-23-26-25-22(19-13-14-29-16(19)2)27(23)18-10-5-4-6-11-18/h4-14H,3,15H2,1-2H3,(H,24,28). The van der Waals surface area contributed by atoms with Crippen molar-refractivity contribution in [3.63, 3.8) is 0 Å². The highest BCUT2D eigenvalue weighted by Crippen LogP contribution is 2.30. The van der Waals surface area contributed by atoms with Crippen LogP contribution in [0.4, 0.5) is 5.69 Å². The second-order valence-electron chi connectivity index (χ2n) is 6.72. The maximum atomic E-state index is 12.6. The van der Waals surface area contributed by atoms with Crippen LogP contribution in [-0.4, -0.2) is 26.4 Å². The molecule has 0 radical (unpaired) electrons. The number of para-hydroxylation sites is 2. The molecule has 0 bridgehead atoms. The van der Waals surface area contributed by atoms with Crippen LogP contribution in [0.2, 0.25) is 0 Å². The molecule has 30 heavy (non-hydrogen) atoms. The van der Waals surface area contributed by atoms with Crippen LogP contribution in [0.5, 0.6) is 0 Å². The number of thioether (sulfide) groups is 1. The largest absolute Gasteiger partial charge is 0.469 e. The number of nitrogens with one attached hydrogen (secondary N) is 1. The Balaban J connectivity index is 1.58. The number of hydrogen-bond acceptors (Lipinski definition) is 5. The smallest absolute Gasteiger partial charge is 0.234 e. The van der Waals surface area contributed by atoms with Crippen molar-refractivity contribution in [3.8, 4) is 17.1 Å². The second-order valence-corrected chi connectivity index (χ2v) is 7.66. The van der Waals surface area contributed by atoms with Crippen LogP contribution in [0.25, 0.3) is 17.1 Å². The molecule has 2 aromatic carbocycles. The average molecular weight is 419 g/mol. The number of amides is 1. The van der Waals surface area contributed by atoms with Gasteiger partial charge < -0.3 is 9.73 Å². The van der Waals surface area contributed by atoms with Gasteiger partial charge in [-0.1, -0.05) is 55.1 Å². The van der Waals surface area contributed by atoms with Crippen molar-refractivity contribution < 1.29 is 9.21 Å². The Morgan fingerprint density at radius 3 is 2.57 bits per heavy atom. The van der Waals surface area contributed by atoms with Crippen LogP contribution in [0, 0.1) is 6.92 Å². The van der Waals surface area contributed by atoms with Crippen molar-refractivity contribution in [2.24, 2.45) is 0 Å². The third-order valence-corrected chi connectivity index (χ3v) is 5.68. The molecule has 0 fully saturated rings. The predicted octanol–water partition coefficient (Wildman–Crippen LogP) is 5.13. The van der Waals surface area contributed by atoms with Gasteiger partial charge in [-0.3, -0.25) is 9.36 Å². The summed E-state index contributed by atoms with van der Waals surface area (Å²) < 4.78 is 7.41. The number of hydrogen-bond donors (Lipinski definition) is 1. The van der Waals surface area contributed by atoms with Gasteiger partial charge in [0.2, 0.25) is 5.91 Å². The Hall–Kier alpha value is -3.32. The van der Waals surface area contributed by atoms with Crippen LogP contribution in [0.1, 0.15) is 18.2 Å². The van der Waals surface area contributed by atoms with Gasteiger partial charge in [0.25, 0.3) is 0 Å². The molecule has 1 amide bonds. The molecule has 0 saturated heterocycles. The lowest BCUT2D eigenvalue weighted by atomic mass is 10.1. The molecule has 152 valence electrons. The number of rotatable bonds is 7. The van der Waals surface area contributed by atoms with Crippen LogP contribution in [0.3, 0.4) is 0 Å². The van der Waals surface area contributed by atoms with E-state index >= 15 is 0 Å². The first kappa shape index (κ1) is 20.0. The van der Waals surface area contributed by atoms with Crippen molar-refractivity contribution >= 4 is 23.4 Å². The van der Waals surface area contributed by atoms with Crippen LogP contribution in [-0.2, 0) is 11.2 Å². The first-order valence-corrected chi connectivity index (χ1v) is 10.7. The minimum atomic E-state index is -0.0791. The van der Waals surface area contributed by atoms with Gasteiger partial charge in [0, 0.05) is 11.4 Å². The minimum absolute atomic E-state index is 0.0791. The summed E-state index contributed by atoms with van der Waals surface area (Å²) in [6.07, 6.45) is 2.50. The van der Waals surface area contributed by atoms with Gasteiger partial charge in [-0.2, -0.15) is 0 Å². The molecule has 6 nitrogen and oxygen atoms in total. The fraction of sp³-hybridized carbons (Fsp3) is 0.174. The first-order chi connectivity index (χ1) is 14.7. The summed E-state index contributed by atoms with van der Waals surface area (Å²) >= 11 is 1.35. The highest BCUT2D eigenvalue weighted by molar-refractivity contribution is 7.99. The molecule has 7 heteroatoms. The summed E-state index contributed by atoms with van der Waals surface area (Å²) in [6.45, 7) is 3.96. The van der Waals surface area contributed by atoms with Gasteiger partial charge in [0.1, 0.15) is 5.76 Å². The molecule has 2 heterocycles. The summed E-state index contributed by atoms with van der Waals surface area (Å²) in [4.78, 5) is 12.6. The van der Waals surface area contributed by atoms with E-state index in [4.69, 9.17) is 4.42 Å². The fourth-order valence-corrected chi connectivity index (χ4v) is 3.98. The summed E-state index contributed by atoms with van der Waals surface area (Å²) in [5.41, 5.74) is 3.77. The number of anilines is 1. The topological polar surface area (TPSA) is 73.0 Å². The van der Waals surface area contributed by atoms with Gasteiger partial charge in [0.05, 0.1) is 17.6 Å². The van der Waals surface area contributed by atoms with Crippen LogP contribution < -0.4 is 5.32 Å². The molecule has 0 aliphatic heterocycles. The highest BCUT2D eigenvalue weighted by Gasteiger charge is 2.19. The van der Waals surface area contributed by atoms with Gasteiger partial charge >= 0.3 is 0 Å². The van der Waals surface area contributed by atoms with Gasteiger partial charge in [-0.25, -0.2) is 0 Å². The number of carbonyl (C=O) groups excluding carboxylic acids is 1. The van der Waals surface area contributed by atoms with E-state index in [2.05, 4.69) is 22.4 Å². The van der Waals surface area contributed by atoms with E-state index in [9.17, 15) is 4.79 Å². The van der Waals surface area contributed by atoms with E-state index in [0.29, 0.717) is 11.0 Å². The number of benzene rings is 2. The summed E-state index contributed by atoms with van der Waals surface area (Å²) in [6, 6.07) is 19.6. The Labute approximate surface area is 179 Å². The third-order valence-electron chi connectivity index (χ3n) is 4.75. The molecule has 0 atom stereocenters. The van der Waals surface area contributed by atoms with E-state index in [-0.39, 0.29) is 11.7 Å². The number of aryl methyl sites for hydroxylation is 2. The van der Waals surface area contributed by atoms with Gasteiger partial charge in [-0.15, -0.1) is 10.2 Å².